The van der Waals surface area contributed by atoms with E-state index in [-0.39, 0.29) is 24.2 Å². The molecule has 1 aromatic rings. The van der Waals surface area contributed by atoms with Crippen LogP contribution < -0.4 is 11.1 Å². The van der Waals surface area contributed by atoms with Gasteiger partial charge in [-0.3, -0.25) is 9.59 Å². The first kappa shape index (κ1) is 15.4. The predicted molar refractivity (Wildman–Crippen MR) is 68.8 cm³/mol. The fraction of sp³-hybridized carbons (Fsp3) is 0.333. The molecule has 0 aromatic carbocycles. The molecule has 0 saturated carbocycles. The van der Waals surface area contributed by atoms with Crippen molar-refractivity contribution >= 4 is 23.5 Å². The second kappa shape index (κ2) is 7.07. The van der Waals surface area contributed by atoms with Crippen LogP contribution in [0.2, 0.25) is 0 Å². The van der Waals surface area contributed by atoms with E-state index in [9.17, 15) is 14.4 Å². The molecule has 1 aromatic heterocycles. The van der Waals surface area contributed by atoms with E-state index in [1.807, 2.05) is 0 Å². The lowest BCUT2D eigenvalue weighted by molar-refractivity contribution is -0.142. The molecule has 4 N–H and O–H groups in total. The molecular formula is C12H15N3O5. The smallest absolute Gasteiger partial charge is 0.326 e. The van der Waals surface area contributed by atoms with Gasteiger partial charge in [-0.15, -0.1) is 0 Å². The molecular weight excluding hydrogens is 266 g/mol. The van der Waals surface area contributed by atoms with E-state index < -0.39 is 23.9 Å². The van der Waals surface area contributed by atoms with Gasteiger partial charge in [-0.05, 0) is 18.6 Å². The minimum absolute atomic E-state index is 0.0585. The van der Waals surface area contributed by atoms with Crippen molar-refractivity contribution in [3.8, 4) is 0 Å². The zero-order valence-electron chi connectivity index (χ0n) is 10.8. The van der Waals surface area contributed by atoms with Crippen LogP contribution in [0.25, 0.3) is 0 Å². The van der Waals surface area contributed by atoms with Crippen molar-refractivity contribution in [2.24, 2.45) is 0 Å². The number of anilines is 1. The summed E-state index contributed by atoms with van der Waals surface area (Å²) in [5.41, 5.74) is 5.65. The standard InChI is InChI=1S/C12H15N3O5/c1-20-9(16)5-4-8(12(18)19)15-11(17)10-7(13)3-2-6-14-10/h2-3,6,8H,4-5,13H2,1H3,(H,15,17)(H,18,19). The quantitative estimate of drug-likeness (QED) is 0.615. The number of aliphatic carboxylic acids is 1. The molecule has 0 aliphatic carbocycles. The van der Waals surface area contributed by atoms with Gasteiger partial charge in [0.05, 0.1) is 12.8 Å². The number of pyridine rings is 1. The number of amides is 1. The maximum Gasteiger partial charge on any atom is 0.326 e. The number of carbonyl (C=O) groups is 3. The van der Waals surface area contributed by atoms with Crippen LogP contribution in [-0.2, 0) is 14.3 Å². The molecule has 1 amide bonds. The number of nitrogens with one attached hydrogen (secondary N) is 1. The van der Waals surface area contributed by atoms with Gasteiger partial charge in [0.25, 0.3) is 5.91 Å². The Morgan fingerprint density at radius 3 is 2.75 bits per heavy atom. The van der Waals surface area contributed by atoms with E-state index in [1.54, 1.807) is 6.07 Å². The third kappa shape index (κ3) is 4.23. The van der Waals surface area contributed by atoms with E-state index >= 15 is 0 Å². The Hall–Kier alpha value is -2.64. The van der Waals surface area contributed by atoms with Gasteiger partial charge in [0.1, 0.15) is 6.04 Å². The summed E-state index contributed by atoms with van der Waals surface area (Å²) in [4.78, 5) is 37.7. The first-order valence-corrected chi connectivity index (χ1v) is 5.76. The van der Waals surface area contributed by atoms with Gasteiger partial charge in [0, 0.05) is 12.6 Å². The Kier molecular flexibility index (Phi) is 5.45. The third-order valence-corrected chi connectivity index (χ3v) is 2.52. The summed E-state index contributed by atoms with van der Waals surface area (Å²) in [5, 5.41) is 11.3. The van der Waals surface area contributed by atoms with Crippen LogP contribution in [0.1, 0.15) is 23.3 Å². The fourth-order valence-corrected chi connectivity index (χ4v) is 1.46. The molecule has 1 heterocycles. The van der Waals surface area contributed by atoms with Crippen LogP contribution in [0, 0.1) is 0 Å². The summed E-state index contributed by atoms with van der Waals surface area (Å²) < 4.78 is 4.41. The Morgan fingerprint density at radius 1 is 1.50 bits per heavy atom. The number of methoxy groups -OCH3 is 1. The number of hydrogen-bond acceptors (Lipinski definition) is 6. The molecule has 0 fully saturated rings. The topological polar surface area (TPSA) is 132 Å². The van der Waals surface area contributed by atoms with Crippen LogP contribution in [0.4, 0.5) is 5.69 Å². The average Bonchev–Trinajstić information content (AvgIpc) is 2.42. The lowest BCUT2D eigenvalue weighted by Gasteiger charge is -2.14. The zero-order valence-corrected chi connectivity index (χ0v) is 10.8. The maximum absolute atomic E-state index is 11.9. The highest BCUT2D eigenvalue weighted by Gasteiger charge is 2.23. The first-order chi connectivity index (χ1) is 9.45. The van der Waals surface area contributed by atoms with Crippen molar-refractivity contribution in [3.63, 3.8) is 0 Å². The van der Waals surface area contributed by atoms with Gasteiger partial charge in [-0.1, -0.05) is 0 Å². The molecule has 20 heavy (non-hydrogen) atoms. The molecule has 8 heteroatoms. The summed E-state index contributed by atoms with van der Waals surface area (Å²) in [6, 6.07) is 1.81. The molecule has 0 bridgehead atoms. The molecule has 0 aliphatic heterocycles. The first-order valence-electron chi connectivity index (χ1n) is 5.76. The van der Waals surface area contributed by atoms with Gasteiger partial charge in [-0.25, -0.2) is 9.78 Å². The van der Waals surface area contributed by atoms with Crippen LogP contribution in [-0.4, -0.2) is 41.1 Å². The number of carboxylic acids is 1. The summed E-state index contributed by atoms with van der Waals surface area (Å²) >= 11 is 0. The van der Waals surface area contributed by atoms with Crippen LogP contribution in [0.5, 0.6) is 0 Å². The molecule has 0 aliphatic rings. The number of nitrogens with zero attached hydrogens (tertiary/aromatic N) is 1. The Bertz CT molecular complexity index is 518. The van der Waals surface area contributed by atoms with Crippen molar-refractivity contribution in [2.75, 3.05) is 12.8 Å². The highest BCUT2D eigenvalue weighted by molar-refractivity contribution is 5.99. The van der Waals surface area contributed by atoms with Gasteiger partial charge in [-0.2, -0.15) is 0 Å². The number of carbonyl (C=O) groups excluding carboxylic acids is 2. The number of aromatic nitrogens is 1. The van der Waals surface area contributed by atoms with E-state index in [0.29, 0.717) is 0 Å². The predicted octanol–water partition coefficient (Wildman–Crippen LogP) is -0.200. The number of hydrogen-bond donors (Lipinski definition) is 3. The summed E-state index contributed by atoms with van der Waals surface area (Å²) in [6.45, 7) is 0. The number of carboxylic acid groups (broad SMARTS) is 1. The van der Waals surface area contributed by atoms with Crippen molar-refractivity contribution in [1.29, 1.82) is 0 Å². The number of nitrogen functional groups attached to an aromatic ring is 1. The highest BCUT2D eigenvalue weighted by atomic mass is 16.5. The molecule has 8 nitrogen and oxygen atoms in total. The summed E-state index contributed by atoms with van der Waals surface area (Å²) in [7, 11) is 1.20. The fourth-order valence-electron chi connectivity index (χ4n) is 1.46. The van der Waals surface area contributed by atoms with E-state index in [0.717, 1.165) is 0 Å². The number of ether oxygens (including phenoxy) is 1. The molecule has 0 saturated heterocycles. The van der Waals surface area contributed by atoms with Crippen LogP contribution in [0.15, 0.2) is 18.3 Å². The van der Waals surface area contributed by atoms with E-state index in [1.165, 1.54) is 19.4 Å². The van der Waals surface area contributed by atoms with E-state index in [2.05, 4.69) is 15.0 Å². The normalized spacial score (nSPS) is 11.4. The maximum atomic E-state index is 11.9. The van der Waals surface area contributed by atoms with Gasteiger partial charge < -0.3 is 20.9 Å². The lowest BCUT2D eigenvalue weighted by atomic mass is 10.1. The summed E-state index contributed by atoms with van der Waals surface area (Å²) in [5.74, 6) is -2.51. The molecule has 0 spiro atoms. The largest absolute Gasteiger partial charge is 0.480 e. The van der Waals surface area contributed by atoms with E-state index in [4.69, 9.17) is 10.8 Å². The second-order valence-corrected chi connectivity index (χ2v) is 3.92. The highest BCUT2D eigenvalue weighted by Crippen LogP contribution is 2.08. The lowest BCUT2D eigenvalue weighted by Crippen LogP contribution is -2.41. The zero-order chi connectivity index (χ0) is 15.1. The van der Waals surface area contributed by atoms with Gasteiger partial charge in [0.15, 0.2) is 5.69 Å². The average molecular weight is 281 g/mol. The molecule has 0 radical (unpaired) electrons. The van der Waals surface area contributed by atoms with Crippen LogP contribution >= 0.6 is 0 Å². The van der Waals surface area contributed by atoms with Crippen molar-refractivity contribution < 1.29 is 24.2 Å². The monoisotopic (exact) mass is 281 g/mol. The second-order valence-electron chi connectivity index (χ2n) is 3.92. The van der Waals surface area contributed by atoms with Crippen molar-refractivity contribution in [2.45, 2.75) is 18.9 Å². The number of nitrogens with two attached hydrogens (primary N) is 1. The third-order valence-electron chi connectivity index (χ3n) is 2.52. The van der Waals surface area contributed by atoms with Gasteiger partial charge in [0.2, 0.25) is 0 Å². The Balaban J connectivity index is 2.71. The minimum Gasteiger partial charge on any atom is -0.480 e. The van der Waals surface area contributed by atoms with Crippen LogP contribution in [0.3, 0.4) is 0 Å². The molecule has 108 valence electrons. The minimum atomic E-state index is -1.25. The van der Waals surface area contributed by atoms with Crippen molar-refractivity contribution in [3.05, 3.63) is 24.0 Å². The van der Waals surface area contributed by atoms with Crippen molar-refractivity contribution in [1.82, 2.24) is 10.3 Å². The Morgan fingerprint density at radius 2 is 2.20 bits per heavy atom. The SMILES string of the molecule is COC(=O)CCC(NC(=O)c1ncccc1N)C(=O)O. The molecule has 1 unspecified atom stereocenters. The Labute approximate surface area is 114 Å². The molecule has 1 rings (SSSR count). The summed E-state index contributed by atoms with van der Waals surface area (Å²) in [6.07, 6.45) is 1.17. The number of esters is 1. The number of rotatable bonds is 6. The molecule has 1 atom stereocenters. The van der Waals surface area contributed by atoms with Gasteiger partial charge >= 0.3 is 11.9 Å².